The lowest BCUT2D eigenvalue weighted by Crippen LogP contribution is -2.34. The van der Waals surface area contributed by atoms with E-state index in [0.717, 1.165) is 21.3 Å². The molecule has 108 valence electrons. The Morgan fingerprint density at radius 2 is 2.14 bits per heavy atom. The molecule has 0 atom stereocenters. The van der Waals surface area contributed by atoms with E-state index in [9.17, 15) is 0 Å². The summed E-state index contributed by atoms with van der Waals surface area (Å²) in [6, 6.07) is 7.87. The lowest BCUT2D eigenvalue weighted by atomic mass is 9.79. The molecular weight excluding hydrogens is 285 g/mol. The third-order valence-electron chi connectivity index (χ3n) is 3.26. The number of benzene rings is 1. The molecule has 0 radical (unpaired) electrons. The van der Waals surface area contributed by atoms with E-state index in [-0.39, 0.29) is 0 Å². The first-order valence-corrected chi connectivity index (χ1v) is 7.47. The SMILES string of the molecule is C=C1OB(c2cccc(Nc3nnc(C)s3)c2)OC1(C)C. The number of nitrogens with one attached hydrogen (secondary N) is 1. The van der Waals surface area contributed by atoms with Gasteiger partial charge in [0.25, 0.3) is 0 Å². The van der Waals surface area contributed by atoms with Crippen molar-refractivity contribution in [2.24, 2.45) is 0 Å². The van der Waals surface area contributed by atoms with Crippen LogP contribution < -0.4 is 10.8 Å². The van der Waals surface area contributed by atoms with Gasteiger partial charge in [0.2, 0.25) is 5.13 Å². The van der Waals surface area contributed by atoms with Crippen LogP contribution in [0.2, 0.25) is 0 Å². The van der Waals surface area contributed by atoms with E-state index < -0.39 is 12.7 Å². The van der Waals surface area contributed by atoms with Crippen molar-refractivity contribution in [3.63, 3.8) is 0 Å². The molecule has 1 N–H and O–H groups in total. The minimum atomic E-state index is -0.468. The smallest absolute Gasteiger partial charge is 0.534 e. The maximum atomic E-state index is 5.88. The predicted octanol–water partition coefficient (Wildman–Crippen LogP) is 2.62. The number of hydrogen-bond acceptors (Lipinski definition) is 6. The number of rotatable bonds is 3. The second-order valence-electron chi connectivity index (χ2n) is 5.38. The third-order valence-corrected chi connectivity index (χ3v) is 4.01. The second kappa shape index (κ2) is 5.16. The molecule has 2 heterocycles. The molecular formula is C14H16BN3O2S. The molecule has 0 bridgehead atoms. The summed E-state index contributed by atoms with van der Waals surface area (Å²) >= 11 is 1.51. The van der Waals surface area contributed by atoms with Crippen molar-refractivity contribution in [2.75, 3.05) is 5.32 Å². The van der Waals surface area contributed by atoms with Crippen LogP contribution >= 0.6 is 11.3 Å². The van der Waals surface area contributed by atoms with Gasteiger partial charge in [-0.25, -0.2) is 0 Å². The van der Waals surface area contributed by atoms with Crippen molar-refractivity contribution >= 4 is 34.7 Å². The van der Waals surface area contributed by atoms with Crippen LogP contribution in [0.4, 0.5) is 10.8 Å². The normalized spacial score (nSPS) is 16.9. The Morgan fingerprint density at radius 1 is 1.33 bits per heavy atom. The van der Waals surface area contributed by atoms with E-state index in [4.69, 9.17) is 9.31 Å². The zero-order chi connectivity index (χ0) is 15.0. The average molecular weight is 301 g/mol. The van der Waals surface area contributed by atoms with Crippen LogP contribution in [0.1, 0.15) is 18.9 Å². The second-order valence-corrected chi connectivity index (χ2v) is 6.56. The van der Waals surface area contributed by atoms with Gasteiger partial charge < -0.3 is 14.6 Å². The summed E-state index contributed by atoms with van der Waals surface area (Å²) in [4.78, 5) is 0. The Hall–Kier alpha value is -1.86. The van der Waals surface area contributed by atoms with E-state index in [1.807, 2.05) is 45.0 Å². The standard InChI is InChI=1S/C14H16BN3O2S/c1-9-14(3,4)20-15(19-9)11-6-5-7-12(8-11)16-13-18-17-10(2)21-13/h5-8H,1H2,2-4H3,(H,16,18). The molecule has 21 heavy (non-hydrogen) atoms. The van der Waals surface area contributed by atoms with Crippen molar-refractivity contribution in [2.45, 2.75) is 26.4 Å². The zero-order valence-electron chi connectivity index (χ0n) is 12.2. The van der Waals surface area contributed by atoms with Gasteiger partial charge in [-0.15, -0.1) is 10.2 Å². The molecule has 1 saturated heterocycles. The molecule has 0 unspecified atom stereocenters. The summed E-state index contributed by atoms with van der Waals surface area (Å²) in [7, 11) is -0.426. The highest BCUT2D eigenvalue weighted by Crippen LogP contribution is 2.29. The van der Waals surface area contributed by atoms with Crippen molar-refractivity contribution in [3.8, 4) is 0 Å². The van der Waals surface area contributed by atoms with Crippen LogP contribution in [0.3, 0.4) is 0 Å². The maximum absolute atomic E-state index is 5.88. The predicted molar refractivity (Wildman–Crippen MR) is 85.1 cm³/mol. The molecule has 0 saturated carbocycles. The molecule has 1 aliphatic heterocycles. The van der Waals surface area contributed by atoms with E-state index in [2.05, 4.69) is 22.1 Å². The van der Waals surface area contributed by atoms with Gasteiger partial charge in [-0.3, -0.25) is 0 Å². The minimum absolute atomic E-state index is 0.426. The van der Waals surface area contributed by atoms with Crippen molar-refractivity contribution in [3.05, 3.63) is 41.6 Å². The van der Waals surface area contributed by atoms with E-state index >= 15 is 0 Å². The highest BCUT2D eigenvalue weighted by Gasteiger charge is 2.42. The largest absolute Gasteiger partial charge is 0.563 e. The van der Waals surface area contributed by atoms with Gasteiger partial charge >= 0.3 is 7.12 Å². The van der Waals surface area contributed by atoms with Crippen LogP contribution in [0, 0.1) is 6.92 Å². The minimum Gasteiger partial charge on any atom is -0.534 e. The molecule has 3 rings (SSSR count). The summed E-state index contributed by atoms with van der Waals surface area (Å²) in [5, 5.41) is 13.0. The molecule has 1 aliphatic rings. The van der Waals surface area contributed by atoms with Gasteiger partial charge in [0, 0.05) is 5.69 Å². The Labute approximate surface area is 128 Å². The fourth-order valence-corrected chi connectivity index (χ4v) is 2.61. The summed E-state index contributed by atoms with van der Waals surface area (Å²) in [6.07, 6.45) is 0. The zero-order valence-corrected chi connectivity index (χ0v) is 13.0. The Balaban J connectivity index is 1.79. The van der Waals surface area contributed by atoms with Crippen molar-refractivity contribution in [1.29, 1.82) is 0 Å². The first-order valence-electron chi connectivity index (χ1n) is 6.65. The molecule has 2 aromatic rings. The lowest BCUT2D eigenvalue weighted by Gasteiger charge is -2.15. The number of hydrogen-bond donors (Lipinski definition) is 1. The van der Waals surface area contributed by atoms with Gasteiger partial charge in [-0.05, 0) is 38.4 Å². The van der Waals surface area contributed by atoms with E-state index in [1.54, 1.807) is 0 Å². The first kappa shape index (κ1) is 14.1. The number of nitrogens with zero attached hydrogens (tertiary/aromatic N) is 2. The molecule has 1 fully saturated rings. The Kier molecular flexibility index (Phi) is 3.47. The summed E-state index contributed by atoms with van der Waals surface area (Å²) in [5.41, 5.74) is 1.39. The number of aryl methyl sites for hydroxylation is 1. The Bertz CT molecular complexity index is 686. The topological polar surface area (TPSA) is 56.3 Å². The molecule has 1 aromatic carbocycles. The molecule has 5 nitrogen and oxygen atoms in total. The van der Waals surface area contributed by atoms with Gasteiger partial charge in [0.05, 0.1) is 5.76 Å². The fraction of sp³-hybridized carbons (Fsp3) is 0.286. The highest BCUT2D eigenvalue weighted by atomic mass is 32.1. The summed E-state index contributed by atoms with van der Waals surface area (Å²) in [5.74, 6) is 0.644. The van der Waals surface area contributed by atoms with Gasteiger partial charge in [-0.2, -0.15) is 0 Å². The average Bonchev–Trinajstić information content (AvgIpc) is 2.94. The third kappa shape index (κ3) is 2.93. The first-order chi connectivity index (χ1) is 9.94. The molecule has 0 amide bonds. The Morgan fingerprint density at radius 3 is 2.76 bits per heavy atom. The van der Waals surface area contributed by atoms with Crippen LogP contribution in [-0.4, -0.2) is 22.9 Å². The molecule has 7 heteroatoms. The maximum Gasteiger partial charge on any atom is 0.563 e. The van der Waals surface area contributed by atoms with Gasteiger partial charge in [0.15, 0.2) is 0 Å². The van der Waals surface area contributed by atoms with Crippen LogP contribution in [0.5, 0.6) is 0 Å². The highest BCUT2D eigenvalue weighted by molar-refractivity contribution is 7.15. The lowest BCUT2D eigenvalue weighted by molar-refractivity contribution is 0.173. The summed E-state index contributed by atoms with van der Waals surface area (Å²) < 4.78 is 11.6. The summed E-state index contributed by atoms with van der Waals surface area (Å²) in [6.45, 7) is 9.71. The van der Waals surface area contributed by atoms with Crippen LogP contribution in [-0.2, 0) is 9.31 Å². The quantitative estimate of drug-likeness (QED) is 0.883. The number of anilines is 2. The van der Waals surface area contributed by atoms with Crippen molar-refractivity contribution in [1.82, 2.24) is 10.2 Å². The molecule has 1 aromatic heterocycles. The monoisotopic (exact) mass is 301 g/mol. The van der Waals surface area contributed by atoms with E-state index in [1.165, 1.54) is 11.3 Å². The van der Waals surface area contributed by atoms with Crippen molar-refractivity contribution < 1.29 is 9.31 Å². The van der Waals surface area contributed by atoms with E-state index in [0.29, 0.717) is 5.76 Å². The number of aromatic nitrogens is 2. The van der Waals surface area contributed by atoms with Crippen LogP contribution in [0.15, 0.2) is 36.6 Å². The van der Waals surface area contributed by atoms with Gasteiger partial charge in [-0.1, -0.05) is 30.0 Å². The van der Waals surface area contributed by atoms with Gasteiger partial charge in [0.1, 0.15) is 10.6 Å². The molecule has 0 spiro atoms. The fourth-order valence-electron chi connectivity index (χ4n) is 2.00. The molecule has 0 aliphatic carbocycles. The van der Waals surface area contributed by atoms with Crippen LogP contribution in [0.25, 0.3) is 0 Å².